The van der Waals surface area contributed by atoms with Gasteiger partial charge in [-0.1, -0.05) is 0 Å². The van der Waals surface area contributed by atoms with Gasteiger partial charge < -0.3 is 10.6 Å². The molecule has 1 aromatic carbocycles. The molecule has 3 N–H and O–H groups in total. The Morgan fingerprint density at radius 3 is 2.71 bits per heavy atom. The van der Waals surface area contributed by atoms with Crippen LogP contribution < -0.4 is 10.6 Å². The van der Waals surface area contributed by atoms with E-state index in [0.717, 1.165) is 23.4 Å². The molecular weight excluding hydrogens is 284 g/mol. The number of anilines is 3. The molecule has 0 unspecified atom stereocenters. The first-order valence-corrected chi connectivity index (χ1v) is 7.88. The summed E-state index contributed by atoms with van der Waals surface area (Å²) in [5.74, 6) is 1.32. The van der Waals surface area contributed by atoms with Gasteiger partial charge in [-0.2, -0.15) is 15.1 Å². The average Bonchev–Trinajstić information content (AvgIpc) is 2.97. The number of nitrogens with zero attached hydrogens (tertiary/aromatic N) is 3. The number of hydrogen-bond acceptors (Lipinski definition) is 6. The highest BCUT2D eigenvalue weighted by molar-refractivity contribution is 7.98. The molecular formula is C14H16N6S. The molecule has 0 aliphatic heterocycles. The lowest BCUT2D eigenvalue weighted by molar-refractivity contribution is 1.07. The number of benzene rings is 1. The van der Waals surface area contributed by atoms with Crippen molar-refractivity contribution in [3.05, 3.63) is 30.5 Å². The van der Waals surface area contributed by atoms with E-state index in [0.29, 0.717) is 11.6 Å². The van der Waals surface area contributed by atoms with Crippen LogP contribution in [0.5, 0.6) is 0 Å². The van der Waals surface area contributed by atoms with Crippen molar-refractivity contribution in [3.63, 3.8) is 0 Å². The van der Waals surface area contributed by atoms with Gasteiger partial charge in [-0.25, -0.2) is 0 Å². The predicted molar refractivity (Wildman–Crippen MR) is 87.4 cm³/mol. The summed E-state index contributed by atoms with van der Waals surface area (Å²) in [6.07, 6.45) is 3.79. The first kappa shape index (κ1) is 13.7. The second-order valence-corrected chi connectivity index (χ2v) is 5.29. The Kier molecular flexibility index (Phi) is 3.92. The minimum Gasteiger partial charge on any atom is -0.354 e. The van der Waals surface area contributed by atoms with E-state index in [9.17, 15) is 0 Å². The number of aromatic nitrogens is 4. The normalized spacial score (nSPS) is 10.8. The van der Waals surface area contributed by atoms with Gasteiger partial charge in [-0.15, -0.1) is 11.8 Å². The zero-order valence-corrected chi connectivity index (χ0v) is 12.7. The Labute approximate surface area is 126 Å². The predicted octanol–water partition coefficient (Wildman–Crippen LogP) is 3.25. The van der Waals surface area contributed by atoms with Crippen molar-refractivity contribution in [3.8, 4) is 0 Å². The molecule has 0 bridgehead atoms. The minimum absolute atomic E-state index is 0.581. The number of nitrogens with one attached hydrogen (secondary N) is 3. The van der Waals surface area contributed by atoms with Gasteiger partial charge in [0.05, 0.1) is 11.6 Å². The molecule has 0 aliphatic carbocycles. The Balaban J connectivity index is 1.95. The third-order valence-electron chi connectivity index (χ3n) is 3.00. The SMILES string of the molecule is CCNc1nc(Nc2ccc(SC)cc2)c2cn[nH]c2n1. The zero-order chi connectivity index (χ0) is 14.7. The number of fused-ring (bicyclic) bond motifs is 1. The summed E-state index contributed by atoms with van der Waals surface area (Å²) >= 11 is 1.72. The second-order valence-electron chi connectivity index (χ2n) is 4.41. The third-order valence-corrected chi connectivity index (χ3v) is 3.74. The van der Waals surface area contributed by atoms with E-state index in [4.69, 9.17) is 0 Å². The zero-order valence-electron chi connectivity index (χ0n) is 11.8. The van der Waals surface area contributed by atoms with Crippen molar-refractivity contribution >= 4 is 40.2 Å². The van der Waals surface area contributed by atoms with Crippen LogP contribution >= 0.6 is 11.8 Å². The summed E-state index contributed by atoms with van der Waals surface area (Å²) in [7, 11) is 0. The lowest BCUT2D eigenvalue weighted by Gasteiger charge is -2.09. The van der Waals surface area contributed by atoms with Crippen LogP contribution in [0.4, 0.5) is 17.5 Å². The van der Waals surface area contributed by atoms with Crippen molar-refractivity contribution < 1.29 is 0 Å². The summed E-state index contributed by atoms with van der Waals surface area (Å²) in [5.41, 5.74) is 1.70. The van der Waals surface area contributed by atoms with Gasteiger partial charge in [-0.3, -0.25) is 5.10 Å². The molecule has 21 heavy (non-hydrogen) atoms. The van der Waals surface area contributed by atoms with Gasteiger partial charge in [-0.05, 0) is 37.4 Å². The number of rotatable bonds is 5. The lowest BCUT2D eigenvalue weighted by atomic mass is 10.3. The monoisotopic (exact) mass is 300 g/mol. The highest BCUT2D eigenvalue weighted by Gasteiger charge is 2.09. The molecule has 0 amide bonds. The molecule has 0 aliphatic rings. The Bertz CT molecular complexity index is 737. The van der Waals surface area contributed by atoms with Gasteiger partial charge in [0, 0.05) is 17.1 Å². The molecule has 2 heterocycles. The number of hydrogen-bond donors (Lipinski definition) is 3. The van der Waals surface area contributed by atoms with Gasteiger partial charge in [0.25, 0.3) is 0 Å². The van der Waals surface area contributed by atoms with Crippen molar-refractivity contribution in [2.75, 3.05) is 23.4 Å². The Morgan fingerprint density at radius 2 is 2.00 bits per heavy atom. The molecule has 0 saturated heterocycles. The molecule has 0 fully saturated rings. The van der Waals surface area contributed by atoms with Crippen LogP contribution in [0.1, 0.15) is 6.92 Å². The van der Waals surface area contributed by atoms with Crippen LogP contribution in [0.2, 0.25) is 0 Å². The van der Waals surface area contributed by atoms with Crippen molar-refractivity contribution in [1.82, 2.24) is 20.2 Å². The Morgan fingerprint density at radius 1 is 1.19 bits per heavy atom. The maximum Gasteiger partial charge on any atom is 0.226 e. The summed E-state index contributed by atoms with van der Waals surface area (Å²) < 4.78 is 0. The van der Waals surface area contributed by atoms with Crippen LogP contribution in [-0.4, -0.2) is 33.0 Å². The topological polar surface area (TPSA) is 78.5 Å². The molecule has 0 radical (unpaired) electrons. The fourth-order valence-electron chi connectivity index (χ4n) is 1.98. The van der Waals surface area contributed by atoms with E-state index in [2.05, 4.69) is 49.2 Å². The fourth-order valence-corrected chi connectivity index (χ4v) is 2.39. The highest BCUT2D eigenvalue weighted by Crippen LogP contribution is 2.25. The Hall–Kier alpha value is -2.28. The van der Waals surface area contributed by atoms with Crippen LogP contribution in [-0.2, 0) is 0 Å². The summed E-state index contributed by atoms with van der Waals surface area (Å²) in [5, 5.41) is 14.2. The van der Waals surface area contributed by atoms with E-state index >= 15 is 0 Å². The van der Waals surface area contributed by atoms with E-state index < -0.39 is 0 Å². The second kappa shape index (κ2) is 6.01. The van der Waals surface area contributed by atoms with Gasteiger partial charge >= 0.3 is 0 Å². The van der Waals surface area contributed by atoms with E-state index in [1.54, 1.807) is 18.0 Å². The van der Waals surface area contributed by atoms with Crippen LogP contribution in [0.15, 0.2) is 35.4 Å². The van der Waals surface area contributed by atoms with Crippen molar-refractivity contribution in [2.45, 2.75) is 11.8 Å². The maximum absolute atomic E-state index is 4.50. The molecule has 108 valence electrons. The van der Waals surface area contributed by atoms with Crippen molar-refractivity contribution in [2.24, 2.45) is 0 Å². The first-order chi connectivity index (χ1) is 10.3. The molecule has 3 rings (SSSR count). The summed E-state index contributed by atoms with van der Waals surface area (Å²) in [6, 6.07) is 8.22. The lowest BCUT2D eigenvalue weighted by Crippen LogP contribution is -2.04. The molecule has 6 nitrogen and oxygen atoms in total. The largest absolute Gasteiger partial charge is 0.354 e. The molecule has 2 aromatic heterocycles. The number of thioether (sulfide) groups is 1. The maximum atomic E-state index is 4.50. The van der Waals surface area contributed by atoms with Crippen LogP contribution in [0, 0.1) is 0 Å². The molecule has 0 saturated carbocycles. The number of H-pyrrole nitrogens is 1. The smallest absolute Gasteiger partial charge is 0.226 e. The van der Waals surface area contributed by atoms with Crippen LogP contribution in [0.25, 0.3) is 11.0 Å². The molecule has 7 heteroatoms. The van der Waals surface area contributed by atoms with E-state index in [-0.39, 0.29) is 0 Å². The van der Waals surface area contributed by atoms with Gasteiger partial charge in [0.15, 0.2) is 5.65 Å². The average molecular weight is 300 g/mol. The minimum atomic E-state index is 0.581. The van der Waals surface area contributed by atoms with E-state index in [1.807, 2.05) is 19.1 Å². The van der Waals surface area contributed by atoms with Crippen molar-refractivity contribution in [1.29, 1.82) is 0 Å². The van der Waals surface area contributed by atoms with Gasteiger partial charge in [0.1, 0.15) is 5.82 Å². The standard InChI is InChI=1S/C14H16N6S/c1-3-15-14-18-12(11-8-16-20-13(11)19-14)17-9-4-6-10(21-2)7-5-9/h4-8H,3H2,1-2H3,(H3,15,16,17,18,19,20). The summed E-state index contributed by atoms with van der Waals surface area (Å²) in [4.78, 5) is 10.1. The number of aromatic amines is 1. The van der Waals surface area contributed by atoms with Crippen LogP contribution in [0.3, 0.4) is 0 Å². The first-order valence-electron chi connectivity index (χ1n) is 6.66. The third kappa shape index (κ3) is 2.92. The quantitative estimate of drug-likeness (QED) is 0.628. The summed E-state index contributed by atoms with van der Waals surface area (Å²) in [6.45, 7) is 2.77. The fraction of sp³-hybridized carbons (Fsp3) is 0.214. The van der Waals surface area contributed by atoms with Gasteiger partial charge in [0.2, 0.25) is 5.95 Å². The molecule has 0 atom stereocenters. The molecule has 0 spiro atoms. The molecule has 3 aromatic rings. The highest BCUT2D eigenvalue weighted by atomic mass is 32.2. The van der Waals surface area contributed by atoms with E-state index in [1.165, 1.54) is 4.90 Å².